The Labute approximate surface area is 107 Å². The summed E-state index contributed by atoms with van der Waals surface area (Å²) in [5.41, 5.74) is 2.23. The molecule has 0 aliphatic carbocycles. The molecule has 0 saturated carbocycles. The zero-order chi connectivity index (χ0) is 12.0. The van der Waals surface area contributed by atoms with Gasteiger partial charge in [0.2, 0.25) is 0 Å². The zero-order valence-corrected chi connectivity index (χ0v) is 10.5. The highest BCUT2D eigenvalue weighted by atomic mass is 35.5. The number of hydrogen-bond donors (Lipinski definition) is 1. The minimum Gasteiger partial charge on any atom is -0.444 e. The molecule has 17 heavy (non-hydrogen) atoms. The Kier molecular flexibility index (Phi) is 2.34. The van der Waals surface area contributed by atoms with Gasteiger partial charge in [-0.25, -0.2) is 0 Å². The highest BCUT2D eigenvalue weighted by molar-refractivity contribution is 7.18. The van der Waals surface area contributed by atoms with Crippen LogP contribution in [0.15, 0.2) is 24.3 Å². The van der Waals surface area contributed by atoms with E-state index in [1.165, 1.54) is 11.3 Å². The molecule has 5 heteroatoms. The van der Waals surface area contributed by atoms with E-state index < -0.39 is 0 Å². The average Bonchev–Trinajstić information content (AvgIpc) is 2.58. The van der Waals surface area contributed by atoms with Gasteiger partial charge < -0.3 is 10.1 Å². The average molecular weight is 266 g/mol. The topological polar surface area (TPSA) is 38.3 Å². The molecule has 2 aromatic rings. The van der Waals surface area contributed by atoms with Crippen molar-refractivity contribution >= 4 is 34.5 Å². The minimum atomic E-state index is -0.189. The van der Waals surface area contributed by atoms with Crippen LogP contribution in [0.4, 0.5) is 5.69 Å². The van der Waals surface area contributed by atoms with Crippen LogP contribution in [0.1, 0.15) is 15.9 Å². The normalized spacial score (nSPS) is 13.2. The van der Waals surface area contributed by atoms with E-state index in [0.29, 0.717) is 26.4 Å². The Morgan fingerprint density at radius 3 is 3.00 bits per heavy atom. The number of anilines is 1. The number of aryl methyl sites for hydroxylation is 1. The Hall–Kier alpha value is -1.52. The Morgan fingerprint density at radius 1 is 1.35 bits per heavy atom. The second kappa shape index (κ2) is 3.75. The molecule has 0 bridgehead atoms. The molecule has 0 unspecified atom stereocenters. The minimum absolute atomic E-state index is 0.189. The van der Waals surface area contributed by atoms with Crippen LogP contribution in [0, 0.1) is 6.92 Å². The van der Waals surface area contributed by atoms with Gasteiger partial charge in [0.1, 0.15) is 0 Å². The molecular weight excluding hydrogens is 258 g/mol. The first-order valence-electron chi connectivity index (χ1n) is 5.02. The molecule has 1 aliphatic heterocycles. The summed E-state index contributed by atoms with van der Waals surface area (Å²) in [6.45, 7) is 1.97. The molecule has 0 radical (unpaired) electrons. The zero-order valence-electron chi connectivity index (χ0n) is 8.91. The number of carbonyl (C=O) groups excluding carboxylic acids is 1. The lowest BCUT2D eigenvalue weighted by Gasteiger charge is -2.07. The fourth-order valence-corrected chi connectivity index (χ4v) is 2.75. The first-order chi connectivity index (χ1) is 8.13. The van der Waals surface area contributed by atoms with Crippen LogP contribution >= 0.6 is 22.9 Å². The second-order valence-corrected chi connectivity index (χ2v) is 5.45. The largest absolute Gasteiger partial charge is 0.444 e. The summed E-state index contributed by atoms with van der Waals surface area (Å²) in [4.78, 5) is 11.9. The van der Waals surface area contributed by atoms with Crippen molar-refractivity contribution in [1.82, 2.24) is 0 Å². The molecule has 2 heterocycles. The molecule has 1 aliphatic rings. The van der Waals surface area contributed by atoms with Gasteiger partial charge in [0.05, 0.1) is 15.6 Å². The molecule has 3 rings (SSSR count). The summed E-state index contributed by atoms with van der Waals surface area (Å²) >= 11 is 7.15. The van der Waals surface area contributed by atoms with Crippen LogP contribution < -0.4 is 10.1 Å². The number of rotatable bonds is 0. The maximum Gasteiger partial charge on any atom is 0.260 e. The van der Waals surface area contributed by atoms with Gasteiger partial charge in [-0.1, -0.05) is 29.0 Å². The van der Waals surface area contributed by atoms with E-state index in [1.807, 2.05) is 25.1 Å². The maximum atomic E-state index is 11.9. The van der Waals surface area contributed by atoms with Crippen molar-refractivity contribution in [2.75, 3.05) is 5.32 Å². The number of carbonyl (C=O) groups is 1. The Bertz CT molecular complexity index is 621. The third-order valence-corrected chi connectivity index (χ3v) is 3.64. The van der Waals surface area contributed by atoms with Crippen molar-refractivity contribution in [2.24, 2.45) is 0 Å². The number of hydrogen-bond acceptors (Lipinski definition) is 3. The molecule has 1 aromatic carbocycles. The summed E-state index contributed by atoms with van der Waals surface area (Å²) in [6.07, 6.45) is 0. The van der Waals surface area contributed by atoms with Crippen LogP contribution in [0.25, 0.3) is 0 Å². The first kappa shape index (κ1) is 10.6. The Balaban J connectivity index is 2.16. The van der Waals surface area contributed by atoms with Crippen LogP contribution in [-0.2, 0) is 0 Å². The quantitative estimate of drug-likeness (QED) is 0.780. The second-order valence-electron chi connectivity index (χ2n) is 3.81. The lowest BCUT2D eigenvalue weighted by atomic mass is 10.2. The highest BCUT2D eigenvalue weighted by Crippen LogP contribution is 2.42. The number of halogens is 1. The summed E-state index contributed by atoms with van der Waals surface area (Å²) in [7, 11) is 0. The summed E-state index contributed by atoms with van der Waals surface area (Å²) in [5, 5.41) is 3.34. The summed E-state index contributed by atoms with van der Waals surface area (Å²) < 4.78 is 6.27. The van der Waals surface area contributed by atoms with Crippen LogP contribution in [0.3, 0.4) is 0 Å². The van der Waals surface area contributed by atoms with E-state index >= 15 is 0 Å². The predicted octanol–water partition coefficient (Wildman–Crippen LogP) is 4.07. The highest BCUT2D eigenvalue weighted by Gasteiger charge is 2.23. The van der Waals surface area contributed by atoms with Crippen molar-refractivity contribution in [3.63, 3.8) is 0 Å². The first-order valence-corrected chi connectivity index (χ1v) is 6.22. The molecule has 86 valence electrons. The van der Waals surface area contributed by atoms with Gasteiger partial charge in [0.15, 0.2) is 10.8 Å². The smallest absolute Gasteiger partial charge is 0.260 e. The van der Waals surface area contributed by atoms with Gasteiger partial charge in [-0.2, -0.15) is 0 Å². The molecular formula is C12H8ClNO2S. The van der Waals surface area contributed by atoms with Gasteiger partial charge in [-0.05, 0) is 30.7 Å². The molecule has 1 aromatic heterocycles. The molecule has 1 N–H and O–H groups in total. The van der Waals surface area contributed by atoms with E-state index in [1.54, 1.807) is 6.07 Å². The standard InChI is InChI=1S/C12H8ClNO2S/c1-6-2-3-8-9(4-6)16-12-7(11(15)14-8)5-10(13)17-12/h2-5H,1H3,(H,14,15). The number of thiophene rings is 1. The molecule has 3 nitrogen and oxygen atoms in total. The van der Waals surface area contributed by atoms with Crippen LogP contribution in [-0.4, -0.2) is 5.91 Å². The van der Waals surface area contributed by atoms with Crippen molar-refractivity contribution in [2.45, 2.75) is 6.92 Å². The van der Waals surface area contributed by atoms with Gasteiger partial charge in [-0.15, -0.1) is 0 Å². The van der Waals surface area contributed by atoms with Gasteiger partial charge in [0.25, 0.3) is 5.91 Å². The van der Waals surface area contributed by atoms with Crippen molar-refractivity contribution in [3.8, 4) is 10.8 Å². The van der Waals surface area contributed by atoms with E-state index in [-0.39, 0.29) is 5.91 Å². The molecule has 0 atom stereocenters. The van der Waals surface area contributed by atoms with Crippen LogP contribution in [0.2, 0.25) is 4.34 Å². The monoisotopic (exact) mass is 265 g/mol. The molecule has 0 spiro atoms. The number of amides is 1. The summed E-state index contributed by atoms with van der Waals surface area (Å²) in [5.74, 6) is 0.460. The lowest BCUT2D eigenvalue weighted by Crippen LogP contribution is -2.09. The van der Waals surface area contributed by atoms with E-state index in [4.69, 9.17) is 16.3 Å². The third-order valence-electron chi connectivity index (χ3n) is 2.50. The predicted molar refractivity (Wildman–Crippen MR) is 68.5 cm³/mol. The van der Waals surface area contributed by atoms with E-state index in [9.17, 15) is 4.79 Å². The number of fused-ring (bicyclic) bond motifs is 2. The third kappa shape index (κ3) is 1.79. The molecule has 0 fully saturated rings. The number of ether oxygens (including phenoxy) is 1. The van der Waals surface area contributed by atoms with E-state index in [0.717, 1.165) is 5.56 Å². The van der Waals surface area contributed by atoms with Crippen molar-refractivity contribution in [3.05, 3.63) is 39.7 Å². The number of nitrogens with one attached hydrogen (secondary N) is 1. The van der Waals surface area contributed by atoms with Crippen LogP contribution in [0.5, 0.6) is 10.8 Å². The SMILES string of the molecule is Cc1ccc2c(c1)Oc1sc(Cl)cc1C(=O)N2. The molecule has 1 amide bonds. The van der Waals surface area contributed by atoms with Gasteiger partial charge >= 0.3 is 0 Å². The fourth-order valence-electron chi connectivity index (χ4n) is 1.69. The van der Waals surface area contributed by atoms with Gasteiger partial charge in [0, 0.05) is 0 Å². The molecule has 0 saturated heterocycles. The van der Waals surface area contributed by atoms with Gasteiger partial charge in [-0.3, -0.25) is 4.79 Å². The van der Waals surface area contributed by atoms with Crippen molar-refractivity contribution in [1.29, 1.82) is 0 Å². The maximum absolute atomic E-state index is 11.9. The fraction of sp³-hybridized carbons (Fsp3) is 0.0833. The Morgan fingerprint density at radius 2 is 2.18 bits per heavy atom. The lowest BCUT2D eigenvalue weighted by molar-refractivity contribution is 0.102. The van der Waals surface area contributed by atoms with E-state index in [2.05, 4.69) is 5.32 Å². The summed E-state index contributed by atoms with van der Waals surface area (Å²) in [6, 6.07) is 7.27. The van der Waals surface area contributed by atoms with Crippen molar-refractivity contribution < 1.29 is 9.53 Å². The number of benzene rings is 1.